The first-order chi connectivity index (χ1) is 8.04. The second-order valence-electron chi connectivity index (χ2n) is 4.39. The molecule has 3 amide bonds. The van der Waals surface area contributed by atoms with Gasteiger partial charge in [0.1, 0.15) is 0 Å². The highest BCUT2D eigenvalue weighted by Gasteiger charge is 2.20. The van der Waals surface area contributed by atoms with E-state index in [0.29, 0.717) is 26.1 Å². The summed E-state index contributed by atoms with van der Waals surface area (Å²) in [7, 11) is 0. The van der Waals surface area contributed by atoms with Crippen molar-refractivity contribution in [2.75, 3.05) is 19.6 Å². The molecule has 0 aliphatic carbocycles. The molecule has 2 N–H and O–H groups in total. The van der Waals surface area contributed by atoms with Crippen molar-refractivity contribution in [2.24, 2.45) is 0 Å². The normalized spacial score (nSPS) is 15.5. The maximum atomic E-state index is 11.7. The lowest BCUT2D eigenvalue weighted by atomic mass is 10.1. The van der Waals surface area contributed by atoms with Crippen LogP contribution in [0.3, 0.4) is 0 Å². The number of urea groups is 1. The highest BCUT2D eigenvalue weighted by atomic mass is 16.2. The third-order valence-corrected chi connectivity index (χ3v) is 2.54. The van der Waals surface area contributed by atoms with Crippen molar-refractivity contribution in [2.45, 2.75) is 33.2 Å². The van der Waals surface area contributed by atoms with Crippen molar-refractivity contribution >= 4 is 11.9 Å². The Morgan fingerprint density at radius 3 is 2.65 bits per heavy atom. The molecule has 0 spiro atoms. The predicted molar refractivity (Wildman–Crippen MR) is 66.6 cm³/mol. The molecule has 1 aliphatic heterocycles. The fourth-order valence-corrected chi connectivity index (χ4v) is 1.67. The van der Waals surface area contributed by atoms with E-state index in [0.717, 1.165) is 5.57 Å². The molecule has 0 aromatic rings. The van der Waals surface area contributed by atoms with E-state index in [1.165, 1.54) is 0 Å². The lowest BCUT2D eigenvalue weighted by molar-refractivity contribution is -0.117. The molecule has 0 radical (unpaired) electrons. The Hall–Kier alpha value is -1.52. The molecule has 0 fully saturated rings. The minimum absolute atomic E-state index is 0.0172. The number of hydrogen-bond acceptors (Lipinski definition) is 2. The monoisotopic (exact) mass is 239 g/mol. The van der Waals surface area contributed by atoms with Gasteiger partial charge in [0.2, 0.25) is 5.91 Å². The number of carbonyl (C=O) groups excluding carboxylic acids is 2. The van der Waals surface area contributed by atoms with Crippen LogP contribution < -0.4 is 10.6 Å². The van der Waals surface area contributed by atoms with E-state index in [1.807, 2.05) is 26.8 Å². The zero-order valence-electron chi connectivity index (χ0n) is 10.7. The van der Waals surface area contributed by atoms with E-state index < -0.39 is 0 Å². The van der Waals surface area contributed by atoms with Gasteiger partial charge >= 0.3 is 6.03 Å². The first-order valence-corrected chi connectivity index (χ1v) is 6.07. The zero-order valence-corrected chi connectivity index (χ0v) is 10.7. The van der Waals surface area contributed by atoms with Crippen LogP contribution in [0.25, 0.3) is 0 Å². The van der Waals surface area contributed by atoms with Crippen LogP contribution >= 0.6 is 0 Å². The Morgan fingerprint density at radius 1 is 1.47 bits per heavy atom. The van der Waals surface area contributed by atoms with E-state index in [4.69, 9.17) is 0 Å². The van der Waals surface area contributed by atoms with Crippen LogP contribution in [-0.2, 0) is 4.79 Å². The fourth-order valence-electron chi connectivity index (χ4n) is 1.67. The molecule has 0 saturated heterocycles. The van der Waals surface area contributed by atoms with Crippen molar-refractivity contribution in [3.8, 4) is 0 Å². The molecule has 0 aromatic heterocycles. The molecule has 5 heteroatoms. The Labute approximate surface area is 102 Å². The van der Waals surface area contributed by atoms with Crippen molar-refractivity contribution in [3.63, 3.8) is 0 Å². The maximum absolute atomic E-state index is 11.7. The highest BCUT2D eigenvalue weighted by Crippen LogP contribution is 2.10. The molecule has 1 heterocycles. The van der Waals surface area contributed by atoms with Crippen LogP contribution in [0.1, 0.15) is 27.2 Å². The number of hydrogen-bond donors (Lipinski definition) is 2. The summed E-state index contributed by atoms with van der Waals surface area (Å²) in [5.74, 6) is -0.0172. The second-order valence-corrected chi connectivity index (χ2v) is 4.39. The Balaban J connectivity index is 2.48. The van der Waals surface area contributed by atoms with Gasteiger partial charge in [-0.05, 0) is 27.2 Å². The number of rotatable bonds is 3. The van der Waals surface area contributed by atoms with Crippen LogP contribution in [0.5, 0.6) is 0 Å². The second kappa shape index (κ2) is 6.27. The summed E-state index contributed by atoms with van der Waals surface area (Å²) in [4.78, 5) is 25.0. The van der Waals surface area contributed by atoms with Gasteiger partial charge in [-0.25, -0.2) is 4.79 Å². The minimum atomic E-state index is -0.0637. The molecule has 1 aliphatic rings. The predicted octanol–water partition coefficient (Wildman–Crippen LogP) is 0.873. The van der Waals surface area contributed by atoms with E-state index in [-0.39, 0.29) is 18.0 Å². The Morgan fingerprint density at radius 2 is 2.18 bits per heavy atom. The highest BCUT2D eigenvalue weighted by molar-refractivity contribution is 5.93. The number of nitrogens with zero attached hydrogens (tertiary/aromatic N) is 1. The number of likely N-dealkylation sites (N-methyl/N-ethyl adjacent to an activating group) is 1. The van der Waals surface area contributed by atoms with E-state index in [2.05, 4.69) is 10.6 Å². The zero-order chi connectivity index (χ0) is 12.8. The largest absolute Gasteiger partial charge is 0.353 e. The molecule has 1 rings (SSSR count). The summed E-state index contributed by atoms with van der Waals surface area (Å²) in [6, 6.07) is 0.0717. The van der Waals surface area contributed by atoms with Gasteiger partial charge < -0.3 is 15.5 Å². The summed E-state index contributed by atoms with van der Waals surface area (Å²) >= 11 is 0. The van der Waals surface area contributed by atoms with Crippen LogP contribution in [-0.4, -0.2) is 42.5 Å². The van der Waals surface area contributed by atoms with Crippen LogP contribution in [0, 0.1) is 0 Å². The van der Waals surface area contributed by atoms with Crippen LogP contribution in [0.4, 0.5) is 4.79 Å². The average Bonchev–Trinajstić information content (AvgIpc) is 2.28. The van der Waals surface area contributed by atoms with E-state index >= 15 is 0 Å². The van der Waals surface area contributed by atoms with Crippen molar-refractivity contribution < 1.29 is 9.59 Å². The summed E-state index contributed by atoms with van der Waals surface area (Å²) in [5, 5.41) is 5.60. The molecular weight excluding hydrogens is 218 g/mol. The van der Waals surface area contributed by atoms with Gasteiger partial charge in [0.25, 0.3) is 0 Å². The first kappa shape index (κ1) is 13.5. The fraction of sp³-hybridized carbons (Fsp3) is 0.667. The summed E-state index contributed by atoms with van der Waals surface area (Å²) < 4.78 is 0. The Bertz CT molecular complexity index is 324. The topological polar surface area (TPSA) is 61.4 Å². The molecular formula is C12H21N3O2. The van der Waals surface area contributed by atoms with Crippen molar-refractivity contribution in [3.05, 3.63) is 11.6 Å². The van der Waals surface area contributed by atoms with Crippen LogP contribution in [0.2, 0.25) is 0 Å². The molecule has 0 unspecified atom stereocenters. The first-order valence-electron chi connectivity index (χ1n) is 6.07. The van der Waals surface area contributed by atoms with Crippen molar-refractivity contribution in [1.82, 2.24) is 15.5 Å². The van der Waals surface area contributed by atoms with Gasteiger partial charge in [0.15, 0.2) is 0 Å². The van der Waals surface area contributed by atoms with E-state index in [9.17, 15) is 9.59 Å². The van der Waals surface area contributed by atoms with Gasteiger partial charge in [-0.2, -0.15) is 0 Å². The minimum Gasteiger partial charge on any atom is -0.353 e. The summed E-state index contributed by atoms with van der Waals surface area (Å²) in [6.07, 6.45) is 2.45. The van der Waals surface area contributed by atoms with Gasteiger partial charge in [0.05, 0.1) is 0 Å². The number of amides is 3. The van der Waals surface area contributed by atoms with Gasteiger partial charge in [-0.1, -0.05) is 6.08 Å². The Kier molecular flexibility index (Phi) is 5.00. The van der Waals surface area contributed by atoms with Gasteiger partial charge in [-0.15, -0.1) is 0 Å². The molecule has 0 saturated carbocycles. The smallest absolute Gasteiger partial charge is 0.317 e. The lowest BCUT2D eigenvalue weighted by Crippen LogP contribution is -2.45. The molecule has 0 bridgehead atoms. The summed E-state index contributed by atoms with van der Waals surface area (Å²) in [6.45, 7) is 7.49. The third kappa shape index (κ3) is 4.09. The molecule has 17 heavy (non-hydrogen) atoms. The molecule has 5 nitrogen and oxygen atoms in total. The SMILES string of the molecule is CCNC(=O)C1=CCN(C(=O)NC(C)C)CC1. The molecule has 0 atom stereocenters. The summed E-state index contributed by atoms with van der Waals surface area (Å²) in [5.41, 5.74) is 0.778. The number of nitrogens with one attached hydrogen (secondary N) is 2. The van der Waals surface area contributed by atoms with Crippen molar-refractivity contribution in [1.29, 1.82) is 0 Å². The maximum Gasteiger partial charge on any atom is 0.317 e. The number of carbonyl (C=O) groups is 2. The quantitative estimate of drug-likeness (QED) is 0.767. The van der Waals surface area contributed by atoms with Gasteiger partial charge in [-0.3, -0.25) is 4.79 Å². The standard InChI is InChI=1S/C12H21N3O2/c1-4-13-11(16)10-5-7-15(8-6-10)12(17)14-9(2)3/h5,9H,4,6-8H2,1-3H3,(H,13,16)(H,14,17). The van der Waals surface area contributed by atoms with E-state index in [1.54, 1.807) is 4.90 Å². The van der Waals surface area contributed by atoms with Gasteiger partial charge in [0, 0.05) is 31.2 Å². The third-order valence-electron chi connectivity index (χ3n) is 2.54. The van der Waals surface area contributed by atoms with Crippen LogP contribution in [0.15, 0.2) is 11.6 Å². The lowest BCUT2D eigenvalue weighted by Gasteiger charge is -2.27. The molecule has 96 valence electrons. The molecule has 0 aromatic carbocycles. The average molecular weight is 239 g/mol.